The van der Waals surface area contributed by atoms with E-state index in [1.165, 1.54) is 24.4 Å². The number of nitrogens with one attached hydrogen (secondary N) is 1. The Morgan fingerprint density at radius 2 is 1.61 bits per heavy atom. The van der Waals surface area contributed by atoms with Crippen molar-refractivity contribution in [2.45, 2.75) is 36.7 Å². The van der Waals surface area contributed by atoms with Gasteiger partial charge in [0.05, 0.1) is 16.4 Å². The number of esters is 2. The van der Waals surface area contributed by atoms with Crippen LogP contribution >= 0.6 is 11.8 Å². The molecule has 1 N–H and O–H groups in total. The van der Waals surface area contributed by atoms with E-state index in [9.17, 15) is 19.2 Å². The van der Waals surface area contributed by atoms with Crippen molar-refractivity contribution in [1.29, 1.82) is 0 Å². The van der Waals surface area contributed by atoms with Crippen molar-refractivity contribution in [2.75, 3.05) is 11.9 Å². The summed E-state index contributed by atoms with van der Waals surface area (Å²) in [5.41, 5.74) is -0.236. The molecule has 2 aromatic carbocycles. The molecular formula is C27H26FN3O6S. The number of nitrogens with zero attached hydrogens (tertiary/aromatic N) is 2. The van der Waals surface area contributed by atoms with Crippen molar-refractivity contribution in [1.82, 2.24) is 9.55 Å². The molecule has 0 bridgehead atoms. The van der Waals surface area contributed by atoms with Gasteiger partial charge < -0.3 is 14.8 Å². The van der Waals surface area contributed by atoms with Crippen LogP contribution in [-0.2, 0) is 14.3 Å². The van der Waals surface area contributed by atoms with Crippen molar-refractivity contribution in [3.63, 3.8) is 0 Å². The van der Waals surface area contributed by atoms with Crippen LogP contribution in [0, 0.1) is 5.92 Å². The summed E-state index contributed by atoms with van der Waals surface area (Å²) in [5.74, 6) is -1.94. The molecular weight excluding hydrogens is 513 g/mol. The highest BCUT2D eigenvalue weighted by molar-refractivity contribution is 8.00. The highest BCUT2D eigenvalue weighted by Gasteiger charge is 2.49. The van der Waals surface area contributed by atoms with Crippen LogP contribution in [0.1, 0.15) is 39.9 Å². The minimum absolute atomic E-state index is 0.0451. The summed E-state index contributed by atoms with van der Waals surface area (Å²) >= 11 is 0.999. The summed E-state index contributed by atoms with van der Waals surface area (Å²) in [4.78, 5) is 53.8. The van der Waals surface area contributed by atoms with Crippen LogP contribution in [0.5, 0.6) is 0 Å². The first-order valence-electron chi connectivity index (χ1n) is 11.9. The van der Waals surface area contributed by atoms with E-state index in [1.807, 2.05) is 0 Å². The van der Waals surface area contributed by atoms with Gasteiger partial charge >= 0.3 is 17.6 Å². The Bertz CT molecular complexity index is 1350. The molecule has 9 nitrogen and oxygen atoms in total. The average molecular weight is 540 g/mol. The second-order valence-corrected chi connectivity index (χ2v) is 10.2. The molecule has 2 heterocycles. The van der Waals surface area contributed by atoms with Crippen molar-refractivity contribution in [3.05, 3.63) is 94.5 Å². The molecule has 1 aliphatic rings. The summed E-state index contributed by atoms with van der Waals surface area (Å²) in [6.45, 7) is 3.13. The van der Waals surface area contributed by atoms with Crippen molar-refractivity contribution < 1.29 is 28.2 Å². The maximum absolute atomic E-state index is 15.8. The van der Waals surface area contributed by atoms with Gasteiger partial charge in [-0.3, -0.25) is 9.36 Å². The molecule has 38 heavy (non-hydrogen) atoms. The molecule has 0 unspecified atom stereocenters. The first kappa shape index (κ1) is 27.1. The van der Waals surface area contributed by atoms with Crippen LogP contribution in [0.4, 0.5) is 10.2 Å². The molecule has 1 aromatic heterocycles. The molecule has 3 aromatic rings. The summed E-state index contributed by atoms with van der Waals surface area (Å²) in [6.07, 6.45) is -1.80. The van der Waals surface area contributed by atoms with Gasteiger partial charge in [0.25, 0.3) is 0 Å². The largest absolute Gasteiger partial charge is 0.461 e. The fraction of sp³-hybridized carbons (Fsp3) is 0.296. The van der Waals surface area contributed by atoms with E-state index < -0.39 is 40.5 Å². The standard InChI is InChI=1S/C27H26FN3O6S/c1-16(2)23(32)29-20-13-14-31(27(35)30-20)24-21(28)22(37-26(34)18-11-7-4-8-12-18)19(38-24)15-36-25(33)17-9-5-3-6-10-17/h3-14,16,19,21-22,24H,15H2,1-2H3,(H,29,30,32,35)/t19-,21+,22-,24-/m1/s1. The smallest absolute Gasteiger partial charge is 0.350 e. The zero-order chi connectivity index (χ0) is 27.2. The number of benzene rings is 2. The highest BCUT2D eigenvalue weighted by Crippen LogP contribution is 2.45. The molecule has 0 saturated carbocycles. The second kappa shape index (κ2) is 12.0. The van der Waals surface area contributed by atoms with E-state index in [1.54, 1.807) is 62.4 Å². The Labute approximate surface area is 222 Å². The average Bonchev–Trinajstić information content (AvgIpc) is 3.22. The van der Waals surface area contributed by atoms with E-state index in [2.05, 4.69) is 10.3 Å². The topological polar surface area (TPSA) is 117 Å². The molecule has 1 amide bonds. The predicted molar refractivity (Wildman–Crippen MR) is 140 cm³/mol. The number of alkyl halides is 1. The number of aromatic nitrogens is 2. The van der Waals surface area contributed by atoms with Crippen LogP contribution in [0.2, 0.25) is 0 Å². The lowest BCUT2D eigenvalue weighted by atomic mass is 10.1. The summed E-state index contributed by atoms with van der Waals surface area (Å²) < 4.78 is 27.8. The minimum atomic E-state index is -1.82. The fourth-order valence-electron chi connectivity index (χ4n) is 3.72. The second-order valence-electron chi connectivity index (χ2n) is 8.86. The van der Waals surface area contributed by atoms with E-state index in [4.69, 9.17) is 9.47 Å². The third-order valence-electron chi connectivity index (χ3n) is 5.79. The zero-order valence-electron chi connectivity index (χ0n) is 20.7. The molecule has 0 spiro atoms. The van der Waals surface area contributed by atoms with Crippen LogP contribution in [0.15, 0.2) is 77.7 Å². The van der Waals surface area contributed by atoms with Crippen molar-refractivity contribution in [2.24, 2.45) is 5.92 Å². The Kier molecular flexibility index (Phi) is 8.57. The lowest BCUT2D eigenvalue weighted by molar-refractivity contribution is -0.118. The van der Waals surface area contributed by atoms with Crippen molar-refractivity contribution in [3.8, 4) is 0 Å². The minimum Gasteiger partial charge on any atom is -0.461 e. The highest BCUT2D eigenvalue weighted by atomic mass is 32.2. The molecule has 1 fully saturated rings. The van der Waals surface area contributed by atoms with Gasteiger partial charge in [0.1, 0.15) is 17.8 Å². The number of thioether (sulfide) groups is 1. The molecule has 1 saturated heterocycles. The first-order valence-corrected chi connectivity index (χ1v) is 12.9. The van der Waals surface area contributed by atoms with Gasteiger partial charge in [-0.25, -0.2) is 18.8 Å². The predicted octanol–water partition coefficient (Wildman–Crippen LogP) is 3.87. The SMILES string of the molecule is CC(C)C(=O)Nc1ccn([C@@H]2S[C@H](COC(=O)c3ccccc3)[C@@H](OC(=O)c3ccccc3)[C@@H]2F)c(=O)n1. The maximum atomic E-state index is 15.8. The number of halogens is 1. The fourth-order valence-corrected chi connectivity index (χ4v) is 5.18. The number of anilines is 1. The van der Waals surface area contributed by atoms with Gasteiger partial charge in [-0.1, -0.05) is 50.2 Å². The summed E-state index contributed by atoms with van der Waals surface area (Å²) in [7, 11) is 0. The van der Waals surface area contributed by atoms with Crippen LogP contribution < -0.4 is 11.0 Å². The quantitative estimate of drug-likeness (QED) is 0.429. The molecule has 0 aliphatic carbocycles. The van der Waals surface area contributed by atoms with Crippen molar-refractivity contribution >= 4 is 35.4 Å². The van der Waals surface area contributed by atoms with Crippen LogP contribution in [-0.4, -0.2) is 51.5 Å². The molecule has 4 rings (SSSR count). The lowest BCUT2D eigenvalue weighted by Crippen LogP contribution is -2.37. The number of amides is 1. The van der Waals surface area contributed by atoms with Gasteiger partial charge in [0.2, 0.25) is 5.91 Å². The van der Waals surface area contributed by atoms with Gasteiger partial charge in [0, 0.05) is 12.1 Å². The number of hydrogen-bond acceptors (Lipinski definition) is 8. The Morgan fingerprint density at radius 3 is 2.18 bits per heavy atom. The number of ether oxygens (including phenoxy) is 2. The Morgan fingerprint density at radius 1 is 1.00 bits per heavy atom. The number of rotatable bonds is 8. The number of carbonyl (C=O) groups excluding carboxylic acids is 3. The third kappa shape index (κ3) is 6.28. The van der Waals surface area contributed by atoms with Gasteiger partial charge in [-0.15, -0.1) is 11.8 Å². The lowest BCUT2D eigenvalue weighted by Gasteiger charge is -2.21. The summed E-state index contributed by atoms with van der Waals surface area (Å²) in [5, 5.41) is 0.615. The number of hydrogen-bond donors (Lipinski definition) is 1. The zero-order valence-corrected chi connectivity index (χ0v) is 21.5. The summed E-state index contributed by atoms with van der Waals surface area (Å²) in [6, 6.07) is 17.8. The molecule has 0 radical (unpaired) electrons. The Balaban J connectivity index is 1.55. The molecule has 198 valence electrons. The Hall–Kier alpha value is -3.99. The van der Waals surface area contributed by atoms with E-state index >= 15 is 4.39 Å². The first-order chi connectivity index (χ1) is 18.2. The van der Waals surface area contributed by atoms with Gasteiger partial charge in [-0.2, -0.15) is 4.98 Å². The van der Waals surface area contributed by atoms with E-state index in [-0.39, 0.29) is 29.8 Å². The van der Waals surface area contributed by atoms with Crippen LogP contribution in [0.3, 0.4) is 0 Å². The normalized spacial score (nSPS) is 20.6. The maximum Gasteiger partial charge on any atom is 0.350 e. The van der Waals surface area contributed by atoms with E-state index in [0.717, 1.165) is 16.3 Å². The van der Waals surface area contributed by atoms with Gasteiger partial charge in [0.15, 0.2) is 12.3 Å². The van der Waals surface area contributed by atoms with Gasteiger partial charge in [-0.05, 0) is 30.3 Å². The van der Waals surface area contributed by atoms with E-state index in [0.29, 0.717) is 5.56 Å². The molecule has 1 aliphatic heterocycles. The number of carbonyl (C=O) groups is 3. The van der Waals surface area contributed by atoms with Crippen LogP contribution in [0.25, 0.3) is 0 Å². The molecule has 11 heteroatoms. The third-order valence-corrected chi connectivity index (χ3v) is 7.31. The monoisotopic (exact) mass is 539 g/mol. The molecule has 4 atom stereocenters.